The number of methoxy groups -OCH3 is 2. The highest BCUT2D eigenvalue weighted by Gasteiger charge is 2.72. The number of rotatable bonds is 9. The molecule has 0 aromatic heterocycles. The summed E-state index contributed by atoms with van der Waals surface area (Å²) in [5.41, 5.74) is 2.66. The van der Waals surface area contributed by atoms with E-state index in [1.54, 1.807) is 11.4 Å². The number of ether oxygens (including phenoxy) is 2. The molecule has 3 aliphatic rings. The number of nitrogens with zero attached hydrogens (tertiary/aromatic N) is 2. The van der Waals surface area contributed by atoms with Gasteiger partial charge in [-0.3, -0.25) is 4.79 Å². The third-order valence-corrected chi connectivity index (χ3v) is 12.9. The fourth-order valence-electron chi connectivity index (χ4n) is 5.55. The van der Waals surface area contributed by atoms with Crippen LogP contribution in [-0.2, 0) is 19.1 Å². The Morgan fingerprint density at radius 1 is 0.938 bits per heavy atom. The van der Waals surface area contributed by atoms with Gasteiger partial charge in [0.25, 0.3) is 0 Å². The maximum absolute atomic E-state index is 13.7. The molecular formula is C24H39N2O4PS. The molecule has 0 bridgehead atoms. The molecule has 1 fully saturated rings. The van der Waals surface area contributed by atoms with Crippen molar-refractivity contribution in [1.29, 1.82) is 0 Å². The van der Waals surface area contributed by atoms with Crippen LogP contribution in [-0.4, -0.2) is 67.3 Å². The summed E-state index contributed by atoms with van der Waals surface area (Å²) >= 11 is 1.79. The quantitative estimate of drug-likeness (QED) is 0.326. The molecule has 180 valence electrons. The van der Waals surface area contributed by atoms with Crippen LogP contribution >= 0.6 is 18.5 Å². The van der Waals surface area contributed by atoms with Crippen molar-refractivity contribution >= 4 is 30.4 Å². The van der Waals surface area contributed by atoms with E-state index in [4.69, 9.17) is 9.47 Å². The molecule has 0 spiro atoms. The van der Waals surface area contributed by atoms with Crippen molar-refractivity contribution in [3.63, 3.8) is 0 Å². The second-order valence-electron chi connectivity index (χ2n) is 8.92. The van der Waals surface area contributed by atoms with Crippen molar-refractivity contribution in [1.82, 2.24) is 9.80 Å². The molecule has 1 saturated carbocycles. The Morgan fingerprint density at radius 3 is 1.97 bits per heavy atom. The summed E-state index contributed by atoms with van der Waals surface area (Å²) in [6, 6.07) is 0. The van der Waals surface area contributed by atoms with Crippen LogP contribution in [0.4, 0.5) is 0 Å². The summed E-state index contributed by atoms with van der Waals surface area (Å²) in [6.07, 6.45) is 5.61. The fourth-order valence-corrected chi connectivity index (χ4v) is 12.6. The van der Waals surface area contributed by atoms with Crippen molar-refractivity contribution in [3.05, 3.63) is 21.6 Å². The second-order valence-corrected chi connectivity index (χ2v) is 12.8. The van der Waals surface area contributed by atoms with Crippen LogP contribution in [0.15, 0.2) is 21.6 Å². The second kappa shape index (κ2) is 9.97. The molecule has 0 saturated heterocycles. The highest BCUT2D eigenvalue weighted by atomic mass is 32.7. The molecule has 3 rings (SSSR count). The number of fused-ring (bicyclic) bond motifs is 1. The summed E-state index contributed by atoms with van der Waals surface area (Å²) in [7, 11) is 1.86. The Bertz CT molecular complexity index is 813. The molecule has 0 aromatic carbocycles. The van der Waals surface area contributed by atoms with E-state index < -0.39 is 12.3 Å². The lowest BCUT2D eigenvalue weighted by atomic mass is 9.72. The smallest absolute Gasteiger partial charge is 0.336 e. The van der Waals surface area contributed by atoms with Gasteiger partial charge < -0.3 is 19.3 Å². The van der Waals surface area contributed by atoms with Gasteiger partial charge in [-0.2, -0.15) is 0 Å². The number of esters is 2. The predicted octanol–water partition coefficient (Wildman–Crippen LogP) is 5.31. The van der Waals surface area contributed by atoms with E-state index >= 15 is 0 Å². The molecule has 6 nitrogen and oxygen atoms in total. The molecule has 2 atom stereocenters. The van der Waals surface area contributed by atoms with Gasteiger partial charge in [-0.05, 0) is 46.0 Å². The third kappa shape index (κ3) is 3.58. The Labute approximate surface area is 198 Å². The van der Waals surface area contributed by atoms with Gasteiger partial charge >= 0.3 is 11.9 Å². The van der Waals surface area contributed by atoms with Crippen molar-refractivity contribution in [2.75, 3.05) is 40.4 Å². The van der Waals surface area contributed by atoms with Gasteiger partial charge in [0.1, 0.15) is 0 Å². The van der Waals surface area contributed by atoms with Gasteiger partial charge in [0.05, 0.1) is 30.9 Å². The highest BCUT2D eigenvalue weighted by molar-refractivity contribution is 8.60. The maximum atomic E-state index is 13.7. The zero-order chi connectivity index (χ0) is 23.7. The zero-order valence-electron chi connectivity index (χ0n) is 20.7. The minimum absolute atomic E-state index is 0.101. The first kappa shape index (κ1) is 25.4. The van der Waals surface area contributed by atoms with E-state index in [-0.39, 0.29) is 17.4 Å². The average Bonchev–Trinajstić information content (AvgIpc) is 3.11. The topological polar surface area (TPSA) is 59.1 Å². The average molecular weight is 483 g/mol. The molecule has 1 aliphatic carbocycles. The molecule has 0 radical (unpaired) electrons. The van der Waals surface area contributed by atoms with E-state index in [1.165, 1.54) is 26.1 Å². The van der Waals surface area contributed by atoms with Gasteiger partial charge in [0.2, 0.25) is 0 Å². The SMILES string of the molecule is CCN(CC)C1=C(N(CC)CC)C2(C(=O)OC)C(C(=O)OC)=C(C3(C)CCCCC3)SP12. The lowest BCUT2D eigenvalue weighted by molar-refractivity contribution is -0.145. The van der Waals surface area contributed by atoms with Crippen LogP contribution in [0.1, 0.15) is 66.7 Å². The van der Waals surface area contributed by atoms with Crippen molar-refractivity contribution < 1.29 is 19.1 Å². The van der Waals surface area contributed by atoms with Crippen LogP contribution < -0.4 is 0 Å². The fraction of sp³-hybridized carbons (Fsp3) is 0.750. The summed E-state index contributed by atoms with van der Waals surface area (Å²) in [6.45, 7) is 14.1. The first-order valence-corrected chi connectivity index (χ1v) is 14.7. The maximum Gasteiger partial charge on any atom is 0.336 e. The lowest BCUT2D eigenvalue weighted by Crippen LogP contribution is -2.56. The minimum Gasteiger partial charge on any atom is -0.468 e. The third-order valence-electron chi connectivity index (χ3n) is 7.34. The van der Waals surface area contributed by atoms with Crippen molar-refractivity contribution in [3.8, 4) is 0 Å². The Morgan fingerprint density at radius 2 is 1.50 bits per heavy atom. The van der Waals surface area contributed by atoms with Crippen LogP contribution in [0.5, 0.6) is 0 Å². The van der Waals surface area contributed by atoms with Crippen molar-refractivity contribution in [2.24, 2.45) is 5.41 Å². The van der Waals surface area contributed by atoms with Gasteiger partial charge in [-0.1, -0.05) is 37.6 Å². The Hall–Kier alpha value is -1.20. The number of carbonyl (C=O) groups excluding carboxylic acids is 2. The van der Waals surface area contributed by atoms with Crippen molar-refractivity contribution in [2.45, 2.75) is 71.9 Å². The van der Waals surface area contributed by atoms with E-state index in [0.717, 1.165) is 62.5 Å². The molecule has 0 N–H and O–H groups in total. The standard InChI is InChI=1S/C24H39N2O4PS/c1-8-25(9-2)18-20(26(10-3)11-4)31-24(18,22(28)30-7)17(21(27)29-6)19(32-31)23(5)15-13-12-14-16-23/h8-16H2,1-7H3. The van der Waals surface area contributed by atoms with E-state index in [2.05, 4.69) is 44.4 Å². The molecule has 2 unspecified atom stereocenters. The van der Waals surface area contributed by atoms with Crippen LogP contribution in [0, 0.1) is 5.41 Å². The molecular weight excluding hydrogens is 443 g/mol. The molecule has 0 amide bonds. The zero-order valence-corrected chi connectivity index (χ0v) is 22.5. The van der Waals surface area contributed by atoms with Gasteiger partial charge in [-0.25, -0.2) is 4.79 Å². The molecule has 32 heavy (non-hydrogen) atoms. The van der Waals surface area contributed by atoms with Gasteiger partial charge in [-0.15, -0.1) is 0 Å². The van der Waals surface area contributed by atoms with E-state index in [1.807, 2.05) is 0 Å². The minimum atomic E-state index is -1.04. The monoisotopic (exact) mass is 482 g/mol. The summed E-state index contributed by atoms with van der Waals surface area (Å²) in [5.74, 6) is -0.693. The lowest BCUT2D eigenvalue weighted by Gasteiger charge is -2.53. The van der Waals surface area contributed by atoms with Crippen LogP contribution in [0.25, 0.3) is 0 Å². The number of carbonyl (C=O) groups is 2. The Kier molecular flexibility index (Phi) is 7.92. The summed E-state index contributed by atoms with van der Waals surface area (Å²) in [4.78, 5) is 32.8. The first-order chi connectivity index (χ1) is 15.3. The predicted molar refractivity (Wildman–Crippen MR) is 132 cm³/mol. The molecule has 2 aliphatic heterocycles. The summed E-state index contributed by atoms with van der Waals surface area (Å²) < 4.78 is 10.8. The molecule has 8 heteroatoms. The summed E-state index contributed by atoms with van der Waals surface area (Å²) in [5, 5.41) is -1.04. The van der Waals surface area contributed by atoms with Gasteiger partial charge in [0, 0.05) is 38.2 Å². The molecule has 0 aromatic rings. The highest BCUT2D eigenvalue weighted by Crippen LogP contribution is 2.87. The van der Waals surface area contributed by atoms with E-state index in [0.29, 0.717) is 5.57 Å². The normalized spacial score (nSPS) is 26.4. The van der Waals surface area contributed by atoms with Crippen LogP contribution in [0.3, 0.4) is 0 Å². The number of hydrogen-bond acceptors (Lipinski definition) is 7. The van der Waals surface area contributed by atoms with Gasteiger partial charge in [0.15, 0.2) is 5.16 Å². The number of allylic oxidation sites excluding steroid dienone is 1. The van der Waals surface area contributed by atoms with E-state index in [9.17, 15) is 9.59 Å². The molecule has 2 heterocycles. The first-order valence-electron chi connectivity index (χ1n) is 12.0. The van der Waals surface area contributed by atoms with Crippen LogP contribution in [0.2, 0.25) is 0 Å². The Balaban J connectivity index is 2.33. The largest absolute Gasteiger partial charge is 0.468 e. The number of hydrogen-bond donors (Lipinski definition) is 0.